The molecule has 2 aromatic heterocycles. The minimum atomic E-state index is 0.855. The molecule has 7 heteroatoms. The highest BCUT2D eigenvalue weighted by atomic mass is 32.2. The second kappa shape index (κ2) is 8.67. The smallest absolute Gasteiger partial charge is 0.0832 e. The van der Waals surface area contributed by atoms with E-state index in [-0.39, 0.29) is 0 Å². The normalized spacial score (nSPS) is 15.2. The third-order valence-electron chi connectivity index (χ3n) is 5.10. The molecule has 5 nitrogen and oxygen atoms in total. The molecule has 0 spiro atoms. The lowest BCUT2D eigenvalue weighted by atomic mass is 10.2. The number of thiazole rings is 1. The number of ether oxygens (including phenoxy) is 1. The summed E-state index contributed by atoms with van der Waals surface area (Å²) in [5.74, 6) is 1.08. The van der Waals surface area contributed by atoms with Gasteiger partial charge < -0.3 is 10.1 Å². The highest BCUT2D eigenvalue weighted by Gasteiger charge is 2.10. The lowest BCUT2D eigenvalue weighted by Crippen LogP contribution is -2.37. The molecule has 0 atom stereocenters. The van der Waals surface area contributed by atoms with E-state index >= 15 is 0 Å². The molecule has 2 aromatic carbocycles. The summed E-state index contributed by atoms with van der Waals surface area (Å²) in [7, 11) is 0. The molecule has 0 radical (unpaired) electrons. The third-order valence-corrected chi connectivity index (χ3v) is 6.89. The molecule has 0 bridgehead atoms. The van der Waals surface area contributed by atoms with E-state index in [1.165, 1.54) is 9.60 Å². The zero-order valence-corrected chi connectivity index (χ0v) is 17.6. The van der Waals surface area contributed by atoms with Crippen LogP contribution in [0.3, 0.4) is 0 Å². The number of thioether (sulfide) groups is 1. The summed E-state index contributed by atoms with van der Waals surface area (Å²) in [6.45, 7) is 4.89. The predicted molar refractivity (Wildman–Crippen MR) is 123 cm³/mol. The van der Waals surface area contributed by atoms with Crippen molar-refractivity contribution in [2.45, 2.75) is 4.90 Å². The molecular weight excluding hydrogens is 400 g/mol. The Hall–Kier alpha value is -2.19. The average Bonchev–Trinajstić information content (AvgIpc) is 3.23. The molecule has 1 N–H and O–H groups in total. The van der Waals surface area contributed by atoms with Gasteiger partial charge in [0.2, 0.25) is 0 Å². The number of nitrogens with zero attached hydrogens (tertiary/aromatic N) is 3. The number of hydrogen-bond acceptors (Lipinski definition) is 7. The molecule has 0 unspecified atom stereocenters. The van der Waals surface area contributed by atoms with Crippen LogP contribution >= 0.6 is 23.1 Å². The summed E-state index contributed by atoms with van der Waals surface area (Å²) in [5.41, 5.74) is 6.03. The Balaban J connectivity index is 1.33. The second-order valence-electron chi connectivity index (χ2n) is 7.00. The number of anilines is 2. The maximum atomic E-state index is 5.43. The van der Waals surface area contributed by atoms with E-state index < -0.39 is 0 Å². The summed E-state index contributed by atoms with van der Waals surface area (Å²) in [4.78, 5) is 12.7. The van der Waals surface area contributed by atoms with Crippen molar-refractivity contribution in [3.05, 3.63) is 54.2 Å². The fourth-order valence-electron chi connectivity index (χ4n) is 3.53. The summed E-state index contributed by atoms with van der Waals surface area (Å²) < 4.78 is 6.63. The van der Waals surface area contributed by atoms with Crippen LogP contribution in [0, 0.1) is 0 Å². The molecule has 0 aliphatic carbocycles. The molecule has 148 valence electrons. The van der Waals surface area contributed by atoms with Crippen molar-refractivity contribution >= 4 is 55.6 Å². The Bertz CT molecular complexity index is 1120. The minimum absolute atomic E-state index is 0.855. The van der Waals surface area contributed by atoms with Gasteiger partial charge in [0.25, 0.3) is 0 Å². The number of benzene rings is 2. The SMILES string of the molecule is c1cc(Nc2ccc3scnc3c2)c2cc(SCCN3CCOCC3)ccc2n1. The van der Waals surface area contributed by atoms with Gasteiger partial charge in [-0.15, -0.1) is 23.1 Å². The van der Waals surface area contributed by atoms with E-state index in [1.807, 2.05) is 29.5 Å². The van der Waals surface area contributed by atoms with E-state index in [1.54, 1.807) is 11.3 Å². The number of morpholine rings is 1. The standard InChI is InChI=1S/C22H22N4OS2/c1-4-22-21(24-15-29-22)13-16(1)25-20-5-6-23-19-3-2-17(14-18(19)20)28-12-9-26-7-10-27-11-8-26/h1-6,13-15H,7-12H2,(H,23,25). The molecule has 4 aromatic rings. The number of pyridine rings is 1. The lowest BCUT2D eigenvalue weighted by molar-refractivity contribution is 0.0410. The van der Waals surface area contributed by atoms with Crippen molar-refractivity contribution in [2.24, 2.45) is 0 Å². The Morgan fingerprint density at radius 3 is 2.90 bits per heavy atom. The van der Waals surface area contributed by atoms with Crippen molar-refractivity contribution in [3.8, 4) is 0 Å². The van der Waals surface area contributed by atoms with Gasteiger partial charge in [0.1, 0.15) is 0 Å². The van der Waals surface area contributed by atoms with Gasteiger partial charge in [0.05, 0.1) is 34.5 Å². The lowest BCUT2D eigenvalue weighted by Gasteiger charge is -2.26. The van der Waals surface area contributed by atoms with E-state index in [2.05, 4.69) is 56.6 Å². The summed E-state index contributed by atoms with van der Waals surface area (Å²) >= 11 is 3.56. The zero-order chi connectivity index (χ0) is 19.5. The van der Waals surface area contributed by atoms with Gasteiger partial charge in [0, 0.05) is 53.2 Å². The molecule has 3 heterocycles. The quantitative estimate of drug-likeness (QED) is 0.441. The van der Waals surface area contributed by atoms with Gasteiger partial charge >= 0.3 is 0 Å². The van der Waals surface area contributed by atoms with Gasteiger partial charge in [-0.2, -0.15) is 0 Å². The number of hydrogen-bond donors (Lipinski definition) is 1. The molecule has 5 rings (SSSR count). The molecule has 29 heavy (non-hydrogen) atoms. The maximum absolute atomic E-state index is 5.43. The highest BCUT2D eigenvalue weighted by Crippen LogP contribution is 2.30. The monoisotopic (exact) mass is 422 g/mol. The first kappa shape index (κ1) is 18.8. The molecule has 0 amide bonds. The summed E-state index contributed by atoms with van der Waals surface area (Å²) in [6, 6.07) is 14.9. The van der Waals surface area contributed by atoms with Crippen molar-refractivity contribution in [2.75, 3.05) is 43.9 Å². The van der Waals surface area contributed by atoms with E-state index in [4.69, 9.17) is 4.74 Å². The Morgan fingerprint density at radius 1 is 1.03 bits per heavy atom. The Kier molecular flexibility index (Phi) is 5.62. The average molecular weight is 423 g/mol. The van der Waals surface area contributed by atoms with Crippen LogP contribution < -0.4 is 5.32 Å². The van der Waals surface area contributed by atoms with Crippen molar-refractivity contribution in [3.63, 3.8) is 0 Å². The third kappa shape index (κ3) is 4.38. The molecule has 1 saturated heterocycles. The van der Waals surface area contributed by atoms with E-state index in [0.29, 0.717) is 0 Å². The van der Waals surface area contributed by atoms with Crippen molar-refractivity contribution < 1.29 is 4.74 Å². The predicted octanol–water partition coefficient (Wildman–Crippen LogP) is 5.01. The Labute approximate surface area is 178 Å². The van der Waals surface area contributed by atoms with Crippen LogP contribution in [0.2, 0.25) is 0 Å². The van der Waals surface area contributed by atoms with Crippen LogP contribution in [0.25, 0.3) is 21.1 Å². The fourth-order valence-corrected chi connectivity index (χ4v) is 5.14. The van der Waals surface area contributed by atoms with Crippen LogP contribution in [0.4, 0.5) is 11.4 Å². The molecule has 1 aliphatic heterocycles. The fraction of sp³-hybridized carbons (Fsp3) is 0.273. The van der Waals surface area contributed by atoms with Gasteiger partial charge in [-0.25, -0.2) is 4.98 Å². The van der Waals surface area contributed by atoms with E-state index in [9.17, 15) is 0 Å². The number of aromatic nitrogens is 2. The highest BCUT2D eigenvalue weighted by molar-refractivity contribution is 7.99. The topological polar surface area (TPSA) is 50.3 Å². The first-order valence-electron chi connectivity index (χ1n) is 9.77. The number of rotatable bonds is 6. The first-order valence-corrected chi connectivity index (χ1v) is 11.6. The van der Waals surface area contributed by atoms with Crippen LogP contribution in [0.15, 0.2) is 59.1 Å². The first-order chi connectivity index (χ1) is 14.3. The van der Waals surface area contributed by atoms with E-state index in [0.717, 1.165) is 66.4 Å². The molecular formula is C22H22N4OS2. The van der Waals surface area contributed by atoms with Crippen molar-refractivity contribution in [1.29, 1.82) is 0 Å². The molecule has 1 aliphatic rings. The second-order valence-corrected chi connectivity index (χ2v) is 9.05. The Morgan fingerprint density at radius 2 is 1.97 bits per heavy atom. The number of fused-ring (bicyclic) bond motifs is 2. The van der Waals surface area contributed by atoms with Gasteiger partial charge in [0.15, 0.2) is 0 Å². The van der Waals surface area contributed by atoms with Crippen LogP contribution in [0.1, 0.15) is 0 Å². The van der Waals surface area contributed by atoms with Gasteiger partial charge in [-0.3, -0.25) is 9.88 Å². The largest absolute Gasteiger partial charge is 0.379 e. The van der Waals surface area contributed by atoms with Gasteiger partial charge in [-0.1, -0.05) is 0 Å². The van der Waals surface area contributed by atoms with Crippen molar-refractivity contribution in [1.82, 2.24) is 14.9 Å². The molecule has 0 saturated carbocycles. The number of nitrogens with one attached hydrogen (secondary N) is 1. The minimum Gasteiger partial charge on any atom is -0.379 e. The van der Waals surface area contributed by atoms with Crippen LogP contribution in [-0.2, 0) is 4.74 Å². The maximum Gasteiger partial charge on any atom is 0.0832 e. The summed E-state index contributed by atoms with van der Waals surface area (Å²) in [6.07, 6.45) is 1.86. The summed E-state index contributed by atoms with van der Waals surface area (Å²) in [5, 5.41) is 4.70. The van der Waals surface area contributed by atoms with Crippen LogP contribution in [0.5, 0.6) is 0 Å². The zero-order valence-electron chi connectivity index (χ0n) is 16.0. The van der Waals surface area contributed by atoms with Gasteiger partial charge in [-0.05, 0) is 42.5 Å². The molecule has 1 fully saturated rings. The van der Waals surface area contributed by atoms with Crippen LogP contribution in [-0.4, -0.2) is 53.5 Å².